The van der Waals surface area contributed by atoms with E-state index in [4.69, 9.17) is 11.6 Å². The fraction of sp³-hybridized carbons (Fsp3) is 0.731. The van der Waals surface area contributed by atoms with Gasteiger partial charge in [0.2, 0.25) is 0 Å². The van der Waals surface area contributed by atoms with Crippen LogP contribution in [0.2, 0.25) is 5.02 Å². The monoisotopic (exact) mass is 414 g/mol. The molecule has 5 rings (SSSR count). The molecule has 0 heterocycles. The Morgan fingerprint density at radius 1 is 1.00 bits per heavy atom. The SMILES string of the molecule is C[C@@]1(O)CC[C@H]2[C@@H](CC[C@@H]3[C@@H]2CC[C@]2(C)[C@@H](C(=O)c4cccc(Cl)c4)CC[C@@H]32)C1. The first-order valence-corrected chi connectivity index (χ1v) is 12.2. The van der Waals surface area contributed by atoms with Crippen LogP contribution in [0.1, 0.15) is 82.0 Å². The van der Waals surface area contributed by atoms with Crippen LogP contribution in [-0.4, -0.2) is 16.5 Å². The first-order valence-electron chi connectivity index (χ1n) is 11.8. The normalized spacial score (nSPS) is 46.5. The van der Waals surface area contributed by atoms with E-state index in [1.165, 1.54) is 38.5 Å². The molecule has 0 aliphatic heterocycles. The molecule has 4 saturated carbocycles. The van der Waals surface area contributed by atoms with Gasteiger partial charge in [-0.15, -0.1) is 0 Å². The number of halogens is 1. The second kappa shape index (κ2) is 7.09. The molecule has 0 aromatic heterocycles. The maximum Gasteiger partial charge on any atom is 0.166 e. The zero-order valence-corrected chi connectivity index (χ0v) is 18.6. The van der Waals surface area contributed by atoms with E-state index in [1.807, 2.05) is 31.2 Å². The lowest BCUT2D eigenvalue weighted by molar-refractivity contribution is -0.0976. The predicted molar refractivity (Wildman–Crippen MR) is 117 cm³/mol. The minimum absolute atomic E-state index is 0.146. The average Bonchev–Trinajstić information content (AvgIpc) is 3.03. The van der Waals surface area contributed by atoms with Gasteiger partial charge in [0.15, 0.2) is 5.78 Å². The molecule has 0 bridgehead atoms. The van der Waals surface area contributed by atoms with Gasteiger partial charge in [-0.1, -0.05) is 30.7 Å². The second-order valence-electron chi connectivity index (χ2n) is 11.2. The van der Waals surface area contributed by atoms with Gasteiger partial charge >= 0.3 is 0 Å². The van der Waals surface area contributed by atoms with Crippen LogP contribution in [0.3, 0.4) is 0 Å². The van der Waals surface area contributed by atoms with Crippen molar-refractivity contribution in [3.8, 4) is 0 Å². The Hall–Kier alpha value is -0.860. The first kappa shape index (κ1) is 20.1. The van der Waals surface area contributed by atoms with E-state index < -0.39 is 5.60 Å². The fourth-order valence-corrected chi connectivity index (χ4v) is 8.55. The van der Waals surface area contributed by atoms with E-state index in [0.717, 1.165) is 48.5 Å². The summed E-state index contributed by atoms with van der Waals surface area (Å²) in [5.74, 6) is 4.29. The molecule has 0 unspecified atom stereocenters. The molecule has 0 amide bonds. The molecule has 0 radical (unpaired) electrons. The van der Waals surface area contributed by atoms with Crippen LogP contribution >= 0.6 is 11.6 Å². The molecular weight excluding hydrogens is 380 g/mol. The highest BCUT2D eigenvalue weighted by molar-refractivity contribution is 6.31. The van der Waals surface area contributed by atoms with E-state index in [1.54, 1.807) is 0 Å². The lowest BCUT2D eigenvalue weighted by Crippen LogP contribution is -2.51. The molecule has 1 aromatic carbocycles. The van der Waals surface area contributed by atoms with Gasteiger partial charge in [-0.25, -0.2) is 0 Å². The molecule has 158 valence electrons. The van der Waals surface area contributed by atoms with Crippen LogP contribution in [0.15, 0.2) is 24.3 Å². The lowest BCUT2D eigenvalue weighted by atomic mass is 9.49. The maximum absolute atomic E-state index is 13.4. The van der Waals surface area contributed by atoms with Crippen LogP contribution in [0.4, 0.5) is 0 Å². The molecule has 2 nitrogen and oxygen atoms in total. The number of carbonyl (C=O) groups is 1. The highest BCUT2D eigenvalue weighted by Crippen LogP contribution is 2.64. The summed E-state index contributed by atoms with van der Waals surface area (Å²) in [5, 5.41) is 11.2. The van der Waals surface area contributed by atoms with Crippen molar-refractivity contribution >= 4 is 17.4 Å². The van der Waals surface area contributed by atoms with Gasteiger partial charge in [-0.3, -0.25) is 4.79 Å². The number of fused-ring (bicyclic) bond motifs is 5. The van der Waals surface area contributed by atoms with Gasteiger partial charge in [-0.2, -0.15) is 0 Å². The Bertz CT molecular complexity index is 802. The standard InChI is InChI=1S/C26H35ClO2/c1-25(29)12-10-19-17(15-25)6-7-21-20(19)11-13-26(2)22(21)8-9-23(26)24(28)16-4-3-5-18(27)14-16/h3-5,14,17,19-23,29H,6-13,15H2,1-2H3/t17-,19-,20+,21+,22-,23+,25+,26-/m0/s1. The predicted octanol–water partition coefficient (Wildman–Crippen LogP) is 6.54. The molecule has 1 aromatic rings. The van der Waals surface area contributed by atoms with Crippen molar-refractivity contribution in [1.82, 2.24) is 0 Å². The van der Waals surface area contributed by atoms with E-state index >= 15 is 0 Å². The van der Waals surface area contributed by atoms with Crippen molar-refractivity contribution in [3.05, 3.63) is 34.9 Å². The maximum atomic E-state index is 13.4. The Kier molecular flexibility index (Phi) is 4.91. The largest absolute Gasteiger partial charge is 0.390 e. The number of aliphatic hydroxyl groups is 1. The molecule has 3 heteroatoms. The number of Topliss-reactive ketones (excluding diaryl/α,β-unsaturated/α-hetero) is 1. The van der Waals surface area contributed by atoms with Gasteiger partial charge < -0.3 is 5.11 Å². The fourth-order valence-electron chi connectivity index (χ4n) is 8.36. The molecule has 4 fully saturated rings. The summed E-state index contributed by atoms with van der Waals surface area (Å²) < 4.78 is 0. The highest BCUT2D eigenvalue weighted by Gasteiger charge is 2.58. The molecule has 29 heavy (non-hydrogen) atoms. The summed E-state index contributed by atoms with van der Waals surface area (Å²) in [7, 11) is 0. The van der Waals surface area contributed by atoms with Crippen LogP contribution in [0.5, 0.6) is 0 Å². The van der Waals surface area contributed by atoms with Gasteiger partial charge in [-0.05, 0) is 112 Å². The number of benzene rings is 1. The van der Waals surface area contributed by atoms with Crippen molar-refractivity contribution in [2.24, 2.45) is 40.9 Å². The molecule has 4 aliphatic carbocycles. The van der Waals surface area contributed by atoms with Gasteiger partial charge in [0.05, 0.1) is 5.60 Å². The lowest BCUT2D eigenvalue weighted by Gasteiger charge is -2.56. The molecule has 0 spiro atoms. The Labute approximate surface area is 180 Å². The molecule has 1 N–H and O–H groups in total. The summed E-state index contributed by atoms with van der Waals surface area (Å²) in [6, 6.07) is 7.55. The molecule has 0 saturated heterocycles. The second-order valence-corrected chi connectivity index (χ2v) is 11.7. The summed E-state index contributed by atoms with van der Waals surface area (Å²) in [5.41, 5.74) is 0.497. The quantitative estimate of drug-likeness (QED) is 0.557. The summed E-state index contributed by atoms with van der Waals surface area (Å²) in [6.45, 7) is 4.46. The third-order valence-corrected chi connectivity index (χ3v) is 9.90. The van der Waals surface area contributed by atoms with Gasteiger partial charge in [0.1, 0.15) is 0 Å². The van der Waals surface area contributed by atoms with Crippen LogP contribution in [-0.2, 0) is 0 Å². The third-order valence-electron chi connectivity index (χ3n) is 9.66. The Balaban J connectivity index is 1.37. The highest BCUT2D eigenvalue weighted by atomic mass is 35.5. The zero-order valence-electron chi connectivity index (χ0n) is 17.9. The summed E-state index contributed by atoms with van der Waals surface area (Å²) >= 11 is 6.17. The Morgan fingerprint density at radius 3 is 2.59 bits per heavy atom. The van der Waals surface area contributed by atoms with Crippen molar-refractivity contribution in [2.45, 2.75) is 77.2 Å². The third kappa shape index (κ3) is 3.30. The van der Waals surface area contributed by atoms with E-state index in [9.17, 15) is 9.90 Å². The Morgan fingerprint density at radius 2 is 1.79 bits per heavy atom. The minimum Gasteiger partial charge on any atom is -0.390 e. The van der Waals surface area contributed by atoms with E-state index in [0.29, 0.717) is 16.7 Å². The van der Waals surface area contributed by atoms with Crippen molar-refractivity contribution in [3.63, 3.8) is 0 Å². The number of carbonyl (C=O) groups excluding carboxylic acids is 1. The minimum atomic E-state index is -0.445. The summed E-state index contributed by atoms with van der Waals surface area (Å²) in [4.78, 5) is 13.4. The van der Waals surface area contributed by atoms with Crippen molar-refractivity contribution in [2.75, 3.05) is 0 Å². The number of hydrogen-bond donors (Lipinski definition) is 1. The van der Waals surface area contributed by atoms with Crippen LogP contribution < -0.4 is 0 Å². The van der Waals surface area contributed by atoms with Crippen LogP contribution in [0.25, 0.3) is 0 Å². The number of rotatable bonds is 2. The van der Waals surface area contributed by atoms with Gasteiger partial charge in [0.25, 0.3) is 0 Å². The van der Waals surface area contributed by atoms with E-state index in [2.05, 4.69) is 6.92 Å². The van der Waals surface area contributed by atoms with E-state index in [-0.39, 0.29) is 11.3 Å². The van der Waals surface area contributed by atoms with Crippen molar-refractivity contribution < 1.29 is 9.90 Å². The molecular formula is C26H35ClO2. The number of ketones is 1. The first-order chi connectivity index (χ1) is 13.8. The smallest absolute Gasteiger partial charge is 0.166 e. The average molecular weight is 415 g/mol. The molecule has 4 aliphatic rings. The molecule has 8 atom stereocenters. The van der Waals surface area contributed by atoms with Gasteiger partial charge in [0, 0.05) is 16.5 Å². The van der Waals surface area contributed by atoms with Crippen molar-refractivity contribution in [1.29, 1.82) is 0 Å². The topological polar surface area (TPSA) is 37.3 Å². The zero-order chi connectivity index (χ0) is 20.4. The number of hydrogen-bond acceptors (Lipinski definition) is 2. The van der Waals surface area contributed by atoms with Crippen LogP contribution in [0, 0.1) is 40.9 Å². The summed E-state index contributed by atoms with van der Waals surface area (Å²) in [6.07, 6.45) is 10.5.